The molecule has 1 aromatic rings. The van der Waals surface area contributed by atoms with Crippen molar-refractivity contribution in [3.8, 4) is 0 Å². The van der Waals surface area contributed by atoms with Crippen molar-refractivity contribution < 1.29 is 13.5 Å². The molecule has 6 heteroatoms. The van der Waals surface area contributed by atoms with Crippen molar-refractivity contribution in [2.24, 2.45) is 0 Å². The molecular formula is C13H20ClNO3S. The number of hydrogen-bond donors (Lipinski definition) is 1. The quantitative estimate of drug-likeness (QED) is 0.559. The van der Waals surface area contributed by atoms with Crippen molar-refractivity contribution in [3.05, 3.63) is 35.9 Å². The zero-order valence-corrected chi connectivity index (χ0v) is 12.4. The Kier molecular flexibility index (Phi) is 7.38. The molecule has 4 nitrogen and oxygen atoms in total. The molecule has 0 spiro atoms. The molecule has 19 heavy (non-hydrogen) atoms. The number of alkyl halides is 1. The van der Waals surface area contributed by atoms with Crippen LogP contribution in [-0.2, 0) is 16.6 Å². The van der Waals surface area contributed by atoms with Crippen LogP contribution in [0.25, 0.3) is 0 Å². The number of aliphatic hydroxyl groups excluding tert-OH is 1. The van der Waals surface area contributed by atoms with Crippen LogP contribution in [0.4, 0.5) is 0 Å². The van der Waals surface area contributed by atoms with Crippen LogP contribution >= 0.6 is 11.6 Å². The highest BCUT2D eigenvalue weighted by atomic mass is 35.5. The van der Waals surface area contributed by atoms with E-state index in [9.17, 15) is 8.42 Å². The Bertz CT molecular complexity index is 450. The summed E-state index contributed by atoms with van der Waals surface area (Å²) in [7, 11) is -3.34. The number of aliphatic hydroxyl groups is 1. The molecule has 0 atom stereocenters. The van der Waals surface area contributed by atoms with Crippen LogP contribution in [0.15, 0.2) is 30.3 Å². The van der Waals surface area contributed by atoms with Gasteiger partial charge in [-0.15, -0.1) is 11.6 Å². The number of sulfonamides is 1. The summed E-state index contributed by atoms with van der Waals surface area (Å²) < 4.78 is 25.7. The summed E-state index contributed by atoms with van der Waals surface area (Å²) in [6.07, 6.45) is 1.22. The molecule has 1 N–H and O–H groups in total. The highest BCUT2D eigenvalue weighted by molar-refractivity contribution is 7.89. The number of benzene rings is 1. The van der Waals surface area contributed by atoms with Gasteiger partial charge in [0.2, 0.25) is 10.0 Å². The van der Waals surface area contributed by atoms with Crippen LogP contribution in [0, 0.1) is 0 Å². The second-order valence-corrected chi connectivity index (χ2v) is 6.72. The maximum Gasteiger partial charge on any atom is 0.214 e. The minimum absolute atomic E-state index is 0.0759. The van der Waals surface area contributed by atoms with Gasteiger partial charge in [0, 0.05) is 19.0 Å². The van der Waals surface area contributed by atoms with Crippen LogP contribution in [0.5, 0.6) is 0 Å². The van der Waals surface area contributed by atoms with Crippen molar-refractivity contribution in [1.82, 2.24) is 4.31 Å². The molecule has 0 fully saturated rings. The lowest BCUT2D eigenvalue weighted by Gasteiger charge is -2.21. The predicted octanol–water partition coefficient (Wildman–Crippen LogP) is 1.83. The Morgan fingerprint density at radius 2 is 1.84 bits per heavy atom. The van der Waals surface area contributed by atoms with Gasteiger partial charge in [-0.2, -0.15) is 4.31 Å². The number of unbranched alkanes of at least 4 members (excludes halogenated alkanes) is 1. The average Bonchev–Trinajstić information content (AvgIpc) is 2.39. The standard InChI is InChI=1S/C13H20ClNO3S/c14-8-4-5-11-19(17,18)15(9-10-16)12-13-6-2-1-3-7-13/h1-3,6-7,16H,4-5,8-12H2. The fourth-order valence-corrected chi connectivity index (χ4v) is 3.44. The van der Waals surface area contributed by atoms with Crippen molar-refractivity contribution in [1.29, 1.82) is 0 Å². The zero-order valence-electron chi connectivity index (χ0n) is 10.8. The van der Waals surface area contributed by atoms with Crippen LogP contribution < -0.4 is 0 Å². The van der Waals surface area contributed by atoms with Gasteiger partial charge in [-0.1, -0.05) is 30.3 Å². The van der Waals surface area contributed by atoms with Gasteiger partial charge in [0.05, 0.1) is 12.4 Å². The summed E-state index contributed by atoms with van der Waals surface area (Å²) in [6.45, 7) is 0.240. The maximum atomic E-state index is 12.2. The summed E-state index contributed by atoms with van der Waals surface area (Å²) in [5, 5.41) is 9.02. The summed E-state index contributed by atoms with van der Waals surface area (Å²) in [5.41, 5.74) is 0.914. The van der Waals surface area contributed by atoms with E-state index in [0.29, 0.717) is 25.3 Å². The first kappa shape index (κ1) is 16.4. The molecule has 0 aliphatic heterocycles. The van der Waals surface area contributed by atoms with E-state index in [0.717, 1.165) is 5.56 Å². The largest absolute Gasteiger partial charge is 0.395 e. The normalized spacial score (nSPS) is 11.9. The summed E-state index contributed by atoms with van der Waals surface area (Å²) in [6, 6.07) is 9.37. The second-order valence-electron chi connectivity index (χ2n) is 4.25. The van der Waals surface area contributed by atoms with Gasteiger partial charge in [-0.3, -0.25) is 0 Å². The van der Waals surface area contributed by atoms with E-state index in [2.05, 4.69) is 0 Å². The Hall–Kier alpha value is -0.620. The van der Waals surface area contributed by atoms with Crippen molar-refractivity contribution in [2.45, 2.75) is 19.4 Å². The molecule has 0 aromatic heterocycles. The maximum absolute atomic E-state index is 12.2. The van der Waals surface area contributed by atoms with Crippen molar-refractivity contribution >= 4 is 21.6 Å². The fourth-order valence-electron chi connectivity index (χ4n) is 1.72. The molecule has 0 bridgehead atoms. The number of halogens is 1. The van der Waals surface area contributed by atoms with Crippen LogP contribution in [-0.4, -0.2) is 42.6 Å². The van der Waals surface area contributed by atoms with Gasteiger partial charge < -0.3 is 5.11 Å². The zero-order chi connectivity index (χ0) is 14.1. The SMILES string of the molecule is O=S(=O)(CCCCCl)N(CCO)Cc1ccccc1. The fraction of sp³-hybridized carbons (Fsp3) is 0.538. The van der Waals surface area contributed by atoms with E-state index in [1.807, 2.05) is 30.3 Å². The first-order chi connectivity index (χ1) is 9.10. The van der Waals surface area contributed by atoms with E-state index in [4.69, 9.17) is 16.7 Å². The van der Waals surface area contributed by atoms with E-state index in [1.165, 1.54) is 4.31 Å². The van der Waals surface area contributed by atoms with E-state index in [1.54, 1.807) is 0 Å². The smallest absolute Gasteiger partial charge is 0.214 e. The highest BCUT2D eigenvalue weighted by Crippen LogP contribution is 2.11. The molecular weight excluding hydrogens is 286 g/mol. The lowest BCUT2D eigenvalue weighted by molar-refractivity contribution is 0.251. The molecule has 0 saturated heterocycles. The van der Waals surface area contributed by atoms with Crippen LogP contribution in [0.3, 0.4) is 0 Å². The lowest BCUT2D eigenvalue weighted by atomic mass is 10.2. The minimum Gasteiger partial charge on any atom is -0.395 e. The second kappa shape index (κ2) is 8.53. The molecule has 108 valence electrons. The predicted molar refractivity (Wildman–Crippen MR) is 77.7 cm³/mol. The molecule has 0 saturated carbocycles. The van der Waals surface area contributed by atoms with Gasteiger partial charge in [0.1, 0.15) is 0 Å². The number of hydrogen-bond acceptors (Lipinski definition) is 3. The van der Waals surface area contributed by atoms with Crippen molar-refractivity contribution in [3.63, 3.8) is 0 Å². The van der Waals surface area contributed by atoms with Crippen molar-refractivity contribution in [2.75, 3.05) is 24.8 Å². The topological polar surface area (TPSA) is 57.6 Å². The Labute approximate surface area is 120 Å². The molecule has 0 heterocycles. The molecule has 1 aromatic carbocycles. The third-order valence-electron chi connectivity index (χ3n) is 2.73. The van der Waals surface area contributed by atoms with E-state index in [-0.39, 0.29) is 18.9 Å². The van der Waals surface area contributed by atoms with Gasteiger partial charge in [0.15, 0.2) is 0 Å². The Morgan fingerprint density at radius 3 is 2.42 bits per heavy atom. The van der Waals surface area contributed by atoms with Crippen LogP contribution in [0.1, 0.15) is 18.4 Å². The molecule has 0 radical (unpaired) electrons. The van der Waals surface area contributed by atoms with Crippen LogP contribution in [0.2, 0.25) is 0 Å². The Balaban J connectivity index is 2.70. The summed E-state index contributed by atoms with van der Waals surface area (Å²) in [5.74, 6) is 0.542. The monoisotopic (exact) mass is 305 g/mol. The van der Waals surface area contributed by atoms with E-state index >= 15 is 0 Å². The Morgan fingerprint density at radius 1 is 1.16 bits per heavy atom. The lowest BCUT2D eigenvalue weighted by Crippen LogP contribution is -2.34. The molecule has 1 rings (SSSR count). The third kappa shape index (κ3) is 5.91. The average molecular weight is 306 g/mol. The van der Waals surface area contributed by atoms with Gasteiger partial charge >= 0.3 is 0 Å². The van der Waals surface area contributed by atoms with Gasteiger partial charge in [-0.25, -0.2) is 8.42 Å². The number of nitrogens with zero attached hydrogens (tertiary/aromatic N) is 1. The van der Waals surface area contributed by atoms with E-state index < -0.39 is 10.0 Å². The highest BCUT2D eigenvalue weighted by Gasteiger charge is 2.21. The first-order valence-electron chi connectivity index (χ1n) is 6.28. The first-order valence-corrected chi connectivity index (χ1v) is 8.43. The van der Waals surface area contributed by atoms with Gasteiger partial charge in [0.25, 0.3) is 0 Å². The number of rotatable bonds is 9. The molecule has 0 aliphatic rings. The molecule has 0 aliphatic carbocycles. The third-order valence-corrected chi connectivity index (χ3v) is 4.90. The summed E-state index contributed by atoms with van der Waals surface area (Å²) in [4.78, 5) is 0. The minimum atomic E-state index is -3.34. The molecule has 0 unspecified atom stereocenters. The summed E-state index contributed by atoms with van der Waals surface area (Å²) >= 11 is 5.55. The molecule has 0 amide bonds. The van der Waals surface area contributed by atoms with Gasteiger partial charge in [-0.05, 0) is 18.4 Å².